The third kappa shape index (κ3) is 1.43. The number of aromatic amines is 1. The second-order valence-electron chi connectivity index (χ2n) is 5.14. The molecule has 0 aliphatic carbocycles. The van der Waals surface area contributed by atoms with E-state index in [1.807, 2.05) is 42.5 Å². The molecule has 0 spiro atoms. The van der Waals surface area contributed by atoms with Crippen molar-refractivity contribution in [2.24, 2.45) is 0 Å². The number of para-hydroxylation sites is 3. The number of rotatable bonds is 0. The molecular weight excluding hydrogens is 262 g/mol. The van der Waals surface area contributed by atoms with E-state index in [1.54, 1.807) is 0 Å². The Morgan fingerprint density at radius 1 is 0.619 bits per heavy atom. The van der Waals surface area contributed by atoms with Gasteiger partial charge in [0.15, 0.2) is 23.0 Å². The largest absolute Gasteiger partial charge is 0.449 e. The summed E-state index contributed by atoms with van der Waals surface area (Å²) in [7, 11) is 0. The number of fused-ring (bicyclic) bond motifs is 6. The molecule has 0 radical (unpaired) electrons. The van der Waals surface area contributed by atoms with Crippen LogP contribution in [0.4, 0.5) is 0 Å². The summed E-state index contributed by atoms with van der Waals surface area (Å²) in [5.74, 6) is 2.99. The minimum atomic E-state index is 0.743. The molecule has 21 heavy (non-hydrogen) atoms. The van der Waals surface area contributed by atoms with E-state index >= 15 is 0 Å². The molecule has 1 aliphatic heterocycles. The second kappa shape index (κ2) is 3.79. The Morgan fingerprint density at radius 2 is 1.38 bits per heavy atom. The van der Waals surface area contributed by atoms with Crippen LogP contribution in [0.5, 0.6) is 23.0 Å². The standard InChI is InChI=1S/C18H11NO2/c1-2-6-13-11(5-1)12-9-10-16-18(17(12)19-13)21-15-8-4-3-7-14(15)20-16/h1-10,19H. The van der Waals surface area contributed by atoms with Crippen LogP contribution in [-0.4, -0.2) is 4.98 Å². The highest BCUT2D eigenvalue weighted by molar-refractivity contribution is 6.10. The summed E-state index contributed by atoms with van der Waals surface area (Å²) in [5, 5.41) is 2.34. The van der Waals surface area contributed by atoms with Crippen molar-refractivity contribution in [1.82, 2.24) is 4.98 Å². The van der Waals surface area contributed by atoms with E-state index in [0.717, 1.165) is 39.4 Å². The summed E-state index contributed by atoms with van der Waals surface area (Å²) >= 11 is 0. The third-order valence-electron chi connectivity index (χ3n) is 3.88. The van der Waals surface area contributed by atoms with E-state index in [2.05, 4.69) is 23.2 Å². The zero-order chi connectivity index (χ0) is 13.8. The fourth-order valence-corrected chi connectivity index (χ4v) is 2.90. The molecule has 100 valence electrons. The van der Waals surface area contributed by atoms with Gasteiger partial charge in [0, 0.05) is 16.3 Å². The van der Waals surface area contributed by atoms with Gasteiger partial charge in [0.05, 0.1) is 5.52 Å². The van der Waals surface area contributed by atoms with E-state index in [1.165, 1.54) is 5.39 Å². The molecule has 1 N–H and O–H groups in total. The first-order chi connectivity index (χ1) is 10.4. The van der Waals surface area contributed by atoms with Gasteiger partial charge in [-0.25, -0.2) is 0 Å². The first-order valence-corrected chi connectivity index (χ1v) is 6.88. The van der Waals surface area contributed by atoms with Gasteiger partial charge in [0.25, 0.3) is 0 Å². The zero-order valence-corrected chi connectivity index (χ0v) is 11.1. The van der Waals surface area contributed by atoms with Gasteiger partial charge in [-0.1, -0.05) is 30.3 Å². The third-order valence-corrected chi connectivity index (χ3v) is 3.88. The van der Waals surface area contributed by atoms with Gasteiger partial charge < -0.3 is 14.5 Å². The van der Waals surface area contributed by atoms with Crippen LogP contribution in [0.15, 0.2) is 60.7 Å². The molecule has 0 unspecified atom stereocenters. The summed E-state index contributed by atoms with van der Waals surface area (Å²) in [4.78, 5) is 3.43. The summed E-state index contributed by atoms with van der Waals surface area (Å²) < 4.78 is 12.0. The highest BCUT2D eigenvalue weighted by Crippen LogP contribution is 2.48. The van der Waals surface area contributed by atoms with Crippen molar-refractivity contribution in [2.75, 3.05) is 0 Å². The molecular formula is C18H11NO2. The predicted molar refractivity (Wildman–Crippen MR) is 82.4 cm³/mol. The van der Waals surface area contributed by atoms with Gasteiger partial charge >= 0.3 is 0 Å². The minimum absolute atomic E-state index is 0.743. The van der Waals surface area contributed by atoms with Crippen LogP contribution in [0.25, 0.3) is 21.8 Å². The molecule has 3 nitrogen and oxygen atoms in total. The maximum atomic E-state index is 6.06. The first-order valence-electron chi connectivity index (χ1n) is 6.88. The number of aromatic nitrogens is 1. The summed E-state index contributed by atoms with van der Waals surface area (Å²) in [6, 6.07) is 20.0. The molecule has 0 fully saturated rings. The van der Waals surface area contributed by atoms with Crippen molar-refractivity contribution in [2.45, 2.75) is 0 Å². The van der Waals surface area contributed by atoms with Gasteiger partial charge in [-0.05, 0) is 30.3 Å². The van der Waals surface area contributed by atoms with Crippen LogP contribution < -0.4 is 9.47 Å². The number of benzene rings is 3. The molecule has 0 bridgehead atoms. The average molecular weight is 273 g/mol. The average Bonchev–Trinajstić information content (AvgIpc) is 2.92. The van der Waals surface area contributed by atoms with Crippen LogP contribution in [0.2, 0.25) is 0 Å². The molecule has 0 atom stereocenters. The lowest BCUT2D eigenvalue weighted by Crippen LogP contribution is -1.98. The fourth-order valence-electron chi connectivity index (χ4n) is 2.90. The number of H-pyrrole nitrogens is 1. The van der Waals surface area contributed by atoms with Crippen LogP contribution in [0, 0.1) is 0 Å². The van der Waals surface area contributed by atoms with Crippen molar-refractivity contribution in [3.8, 4) is 23.0 Å². The van der Waals surface area contributed by atoms with Crippen molar-refractivity contribution < 1.29 is 9.47 Å². The highest BCUT2D eigenvalue weighted by atomic mass is 16.6. The van der Waals surface area contributed by atoms with Crippen LogP contribution in [0.3, 0.4) is 0 Å². The Kier molecular flexibility index (Phi) is 1.95. The number of hydrogen-bond donors (Lipinski definition) is 1. The SMILES string of the molecule is c1ccc2c(c1)Oc1ccc3c([nH]c4ccccc43)c1O2. The fraction of sp³-hybridized carbons (Fsp3) is 0. The monoisotopic (exact) mass is 273 g/mol. The highest BCUT2D eigenvalue weighted by Gasteiger charge is 2.22. The van der Waals surface area contributed by atoms with Crippen LogP contribution in [0.1, 0.15) is 0 Å². The Bertz CT molecular complexity index is 1000. The zero-order valence-electron chi connectivity index (χ0n) is 11.1. The van der Waals surface area contributed by atoms with Crippen LogP contribution in [-0.2, 0) is 0 Å². The Morgan fingerprint density at radius 3 is 2.29 bits per heavy atom. The topological polar surface area (TPSA) is 34.2 Å². The maximum absolute atomic E-state index is 6.06. The summed E-state index contributed by atoms with van der Waals surface area (Å²) in [5.41, 5.74) is 2.08. The van der Waals surface area contributed by atoms with Crippen molar-refractivity contribution in [3.05, 3.63) is 60.7 Å². The van der Waals surface area contributed by atoms with Crippen molar-refractivity contribution in [3.63, 3.8) is 0 Å². The van der Waals surface area contributed by atoms with Crippen LogP contribution >= 0.6 is 0 Å². The minimum Gasteiger partial charge on any atom is -0.449 e. The lowest BCUT2D eigenvalue weighted by atomic mass is 10.1. The van der Waals surface area contributed by atoms with Gasteiger partial charge in [-0.15, -0.1) is 0 Å². The molecule has 3 heteroatoms. The number of nitrogens with one attached hydrogen (secondary N) is 1. The van der Waals surface area contributed by atoms with Gasteiger partial charge in [-0.3, -0.25) is 0 Å². The number of hydrogen-bond acceptors (Lipinski definition) is 2. The molecule has 1 aliphatic rings. The quantitative estimate of drug-likeness (QED) is 0.420. The Hall–Kier alpha value is -2.94. The van der Waals surface area contributed by atoms with E-state index in [-0.39, 0.29) is 0 Å². The molecule has 0 amide bonds. The molecule has 0 saturated heterocycles. The smallest absolute Gasteiger partial charge is 0.194 e. The van der Waals surface area contributed by atoms with E-state index in [4.69, 9.17) is 9.47 Å². The molecule has 1 aromatic heterocycles. The molecule has 3 aromatic carbocycles. The predicted octanol–water partition coefficient (Wildman–Crippen LogP) is 5.22. The molecule has 4 aromatic rings. The lowest BCUT2D eigenvalue weighted by Gasteiger charge is -2.20. The Labute approximate surface area is 120 Å². The van der Waals surface area contributed by atoms with Gasteiger partial charge in [0.1, 0.15) is 0 Å². The summed E-state index contributed by atoms with van der Waals surface area (Å²) in [6.45, 7) is 0. The maximum Gasteiger partial charge on any atom is 0.194 e. The van der Waals surface area contributed by atoms with E-state index < -0.39 is 0 Å². The van der Waals surface area contributed by atoms with Gasteiger partial charge in [-0.2, -0.15) is 0 Å². The Balaban J connectivity index is 1.83. The first kappa shape index (κ1) is 10.8. The summed E-state index contributed by atoms with van der Waals surface area (Å²) in [6.07, 6.45) is 0. The lowest BCUT2D eigenvalue weighted by molar-refractivity contribution is 0.363. The molecule has 0 saturated carbocycles. The molecule has 2 heterocycles. The van der Waals surface area contributed by atoms with Crippen molar-refractivity contribution in [1.29, 1.82) is 0 Å². The van der Waals surface area contributed by atoms with E-state index in [0.29, 0.717) is 0 Å². The van der Waals surface area contributed by atoms with Gasteiger partial charge in [0.2, 0.25) is 0 Å². The van der Waals surface area contributed by atoms with E-state index in [9.17, 15) is 0 Å². The molecule has 5 rings (SSSR count). The number of ether oxygens (including phenoxy) is 2. The normalized spacial score (nSPS) is 12.6. The van der Waals surface area contributed by atoms with Crippen molar-refractivity contribution >= 4 is 21.8 Å². The second-order valence-corrected chi connectivity index (χ2v) is 5.14.